The monoisotopic (exact) mass is 368 g/mol. The summed E-state index contributed by atoms with van der Waals surface area (Å²) < 4.78 is 13.1. The predicted octanol–water partition coefficient (Wildman–Crippen LogP) is 3.59. The first-order valence-corrected chi connectivity index (χ1v) is 9.65. The zero-order valence-corrected chi connectivity index (χ0v) is 15.4. The second-order valence-electron chi connectivity index (χ2n) is 7.40. The molecule has 2 atom stereocenters. The minimum atomic E-state index is -0.212. The maximum Gasteiger partial charge on any atom is 0.317 e. The van der Waals surface area contributed by atoms with Crippen LogP contribution in [0, 0.1) is 11.7 Å². The third kappa shape index (κ3) is 4.04. The van der Waals surface area contributed by atoms with Gasteiger partial charge in [-0.05, 0) is 67.1 Å². The number of amides is 2. The molecule has 2 aliphatic heterocycles. The lowest BCUT2D eigenvalue weighted by molar-refractivity contribution is 0.191. The minimum Gasteiger partial charge on any atom is -0.371 e. The lowest BCUT2D eigenvalue weighted by atomic mass is 10.1. The van der Waals surface area contributed by atoms with Crippen LogP contribution in [0.2, 0.25) is 0 Å². The van der Waals surface area contributed by atoms with Gasteiger partial charge in [-0.15, -0.1) is 0 Å². The number of hydrogen-bond donors (Lipinski definition) is 1. The summed E-state index contributed by atoms with van der Waals surface area (Å²) in [6, 6.07) is 10.8. The molecule has 0 saturated carbocycles. The summed E-state index contributed by atoms with van der Waals surface area (Å²) in [5.41, 5.74) is 2.20. The number of carbonyl (C=O) groups is 1. The van der Waals surface area contributed by atoms with Gasteiger partial charge in [0.2, 0.25) is 0 Å². The van der Waals surface area contributed by atoms with Gasteiger partial charge in [-0.1, -0.05) is 0 Å². The number of benzene rings is 1. The van der Waals surface area contributed by atoms with Crippen LogP contribution in [-0.2, 0) is 0 Å². The highest BCUT2D eigenvalue weighted by molar-refractivity contribution is 5.75. The molecule has 0 spiro atoms. The first-order chi connectivity index (χ1) is 13.2. The van der Waals surface area contributed by atoms with Crippen molar-refractivity contribution in [2.75, 3.05) is 31.1 Å². The maximum atomic E-state index is 13.1. The molecule has 1 aromatic heterocycles. The molecule has 2 saturated heterocycles. The molecule has 5 nitrogen and oxygen atoms in total. The highest BCUT2D eigenvalue weighted by Gasteiger charge is 2.31. The molecule has 0 bridgehead atoms. The second kappa shape index (κ2) is 7.94. The molecule has 27 heavy (non-hydrogen) atoms. The van der Waals surface area contributed by atoms with Gasteiger partial charge >= 0.3 is 6.03 Å². The van der Waals surface area contributed by atoms with Crippen molar-refractivity contribution in [1.82, 2.24) is 15.2 Å². The lowest BCUT2D eigenvalue weighted by Gasteiger charge is -2.26. The molecule has 1 aromatic carbocycles. The number of aromatic nitrogens is 1. The van der Waals surface area contributed by atoms with E-state index in [1.165, 1.54) is 12.1 Å². The van der Waals surface area contributed by atoms with Gasteiger partial charge in [0.25, 0.3) is 0 Å². The Labute approximate surface area is 159 Å². The third-order valence-electron chi connectivity index (χ3n) is 5.62. The molecule has 2 fully saturated rings. The number of nitrogens with zero attached hydrogens (tertiary/aromatic N) is 3. The van der Waals surface area contributed by atoms with Gasteiger partial charge in [0.1, 0.15) is 5.82 Å². The van der Waals surface area contributed by atoms with Crippen LogP contribution in [0.5, 0.6) is 0 Å². The Kier molecular flexibility index (Phi) is 5.23. The van der Waals surface area contributed by atoms with Crippen LogP contribution in [0.4, 0.5) is 14.9 Å². The van der Waals surface area contributed by atoms with Crippen molar-refractivity contribution in [2.45, 2.75) is 25.3 Å². The zero-order valence-electron chi connectivity index (χ0n) is 15.4. The number of pyridine rings is 1. The summed E-state index contributed by atoms with van der Waals surface area (Å²) in [4.78, 5) is 21.0. The molecule has 2 amide bonds. The fourth-order valence-electron chi connectivity index (χ4n) is 4.16. The van der Waals surface area contributed by atoms with Gasteiger partial charge in [0.15, 0.2) is 0 Å². The molecule has 3 heterocycles. The van der Waals surface area contributed by atoms with Crippen molar-refractivity contribution in [2.24, 2.45) is 5.92 Å². The van der Waals surface area contributed by atoms with E-state index >= 15 is 0 Å². The average molecular weight is 368 g/mol. The number of nitrogens with one attached hydrogen (secondary N) is 1. The molecule has 1 N–H and O–H groups in total. The van der Waals surface area contributed by atoms with E-state index in [0.717, 1.165) is 50.1 Å². The van der Waals surface area contributed by atoms with E-state index < -0.39 is 0 Å². The first-order valence-electron chi connectivity index (χ1n) is 9.65. The molecule has 2 aliphatic rings. The van der Waals surface area contributed by atoms with Gasteiger partial charge in [0.05, 0.1) is 6.04 Å². The van der Waals surface area contributed by atoms with Crippen LogP contribution in [0.1, 0.15) is 30.9 Å². The largest absolute Gasteiger partial charge is 0.371 e. The van der Waals surface area contributed by atoms with Crippen molar-refractivity contribution >= 4 is 11.7 Å². The fraction of sp³-hybridized carbons (Fsp3) is 0.429. The number of halogens is 1. The quantitative estimate of drug-likeness (QED) is 0.897. The van der Waals surface area contributed by atoms with E-state index in [9.17, 15) is 9.18 Å². The van der Waals surface area contributed by atoms with Gasteiger partial charge in [-0.3, -0.25) is 4.98 Å². The molecule has 6 heteroatoms. The molecule has 0 aliphatic carbocycles. The van der Waals surface area contributed by atoms with E-state index in [4.69, 9.17) is 0 Å². The summed E-state index contributed by atoms with van der Waals surface area (Å²) in [6.07, 6.45) is 6.63. The van der Waals surface area contributed by atoms with Crippen molar-refractivity contribution in [3.8, 4) is 0 Å². The van der Waals surface area contributed by atoms with Crippen molar-refractivity contribution < 1.29 is 9.18 Å². The summed E-state index contributed by atoms with van der Waals surface area (Å²) >= 11 is 0. The van der Waals surface area contributed by atoms with Crippen molar-refractivity contribution in [3.05, 3.63) is 60.2 Å². The molecule has 0 unspecified atom stereocenters. The molecule has 4 rings (SSSR count). The lowest BCUT2D eigenvalue weighted by Crippen LogP contribution is -2.41. The van der Waals surface area contributed by atoms with Gasteiger partial charge in [0, 0.05) is 44.3 Å². The highest BCUT2D eigenvalue weighted by atomic mass is 19.1. The van der Waals surface area contributed by atoms with E-state index in [2.05, 4.69) is 15.2 Å². The van der Waals surface area contributed by atoms with Crippen LogP contribution in [0.3, 0.4) is 0 Å². The van der Waals surface area contributed by atoms with Crippen LogP contribution in [0.25, 0.3) is 0 Å². The number of likely N-dealkylation sites (tertiary alicyclic amines) is 1. The molecular formula is C21H25FN4O. The Bertz CT molecular complexity index is 768. The second-order valence-corrected chi connectivity index (χ2v) is 7.40. The normalized spacial score (nSPS) is 22.3. The number of rotatable bonds is 4. The first kappa shape index (κ1) is 17.8. The van der Waals surface area contributed by atoms with Crippen LogP contribution < -0.4 is 10.2 Å². The molecular weight excluding hydrogens is 343 g/mol. The van der Waals surface area contributed by atoms with Crippen LogP contribution >= 0.6 is 0 Å². The fourth-order valence-corrected chi connectivity index (χ4v) is 4.16. The minimum absolute atomic E-state index is 0.0227. The van der Waals surface area contributed by atoms with E-state index in [-0.39, 0.29) is 17.9 Å². The Hall–Kier alpha value is -2.63. The van der Waals surface area contributed by atoms with Crippen LogP contribution in [0.15, 0.2) is 48.8 Å². The maximum absolute atomic E-state index is 13.1. The third-order valence-corrected chi connectivity index (χ3v) is 5.62. The summed E-state index contributed by atoms with van der Waals surface area (Å²) in [6.45, 7) is 3.30. The van der Waals surface area contributed by atoms with E-state index in [1.54, 1.807) is 12.4 Å². The number of urea groups is 1. The number of anilines is 1. The standard InChI is InChI=1S/C21H25FN4O/c22-18-3-5-19(6-4-18)25-13-9-16(15-25)14-24-21(27)26-12-1-2-20(26)17-7-10-23-11-8-17/h3-8,10-11,16,20H,1-2,9,12-15H2,(H,24,27)/t16-,20-/m1/s1. The van der Waals surface area contributed by atoms with E-state index in [1.807, 2.05) is 29.2 Å². The Balaban J connectivity index is 1.30. The van der Waals surface area contributed by atoms with Crippen molar-refractivity contribution in [3.63, 3.8) is 0 Å². The van der Waals surface area contributed by atoms with E-state index in [0.29, 0.717) is 12.5 Å². The molecule has 0 radical (unpaired) electrons. The molecule has 142 valence electrons. The van der Waals surface area contributed by atoms with Gasteiger partial charge in [-0.25, -0.2) is 9.18 Å². The Morgan fingerprint density at radius 2 is 1.89 bits per heavy atom. The highest BCUT2D eigenvalue weighted by Crippen LogP contribution is 2.31. The summed E-state index contributed by atoms with van der Waals surface area (Å²) in [7, 11) is 0. The number of hydrogen-bond acceptors (Lipinski definition) is 3. The molecule has 2 aromatic rings. The average Bonchev–Trinajstić information content (AvgIpc) is 3.37. The van der Waals surface area contributed by atoms with Crippen molar-refractivity contribution in [1.29, 1.82) is 0 Å². The van der Waals surface area contributed by atoms with Gasteiger partial charge < -0.3 is 15.1 Å². The zero-order chi connectivity index (χ0) is 18.6. The van der Waals surface area contributed by atoms with Gasteiger partial charge in [-0.2, -0.15) is 0 Å². The smallest absolute Gasteiger partial charge is 0.317 e. The summed E-state index contributed by atoms with van der Waals surface area (Å²) in [5.74, 6) is 0.206. The van der Waals surface area contributed by atoms with Crippen LogP contribution in [-0.4, -0.2) is 42.1 Å². The summed E-state index contributed by atoms with van der Waals surface area (Å²) in [5, 5.41) is 3.13. The Morgan fingerprint density at radius 1 is 1.11 bits per heavy atom. The predicted molar refractivity (Wildman–Crippen MR) is 103 cm³/mol. The SMILES string of the molecule is O=C(NC[C@H]1CCN(c2ccc(F)cc2)C1)N1CCC[C@@H]1c1ccncc1. The topological polar surface area (TPSA) is 48.5 Å². The Morgan fingerprint density at radius 3 is 2.67 bits per heavy atom. The number of carbonyl (C=O) groups excluding carboxylic acids is 1.